The Morgan fingerprint density at radius 3 is 2.05 bits per heavy atom. The third-order valence-electron chi connectivity index (χ3n) is 6.40. The highest BCUT2D eigenvalue weighted by molar-refractivity contribution is 9.10. The van der Waals surface area contributed by atoms with E-state index in [9.17, 15) is 18.0 Å². The number of carbonyl (C=O) groups is 2. The molecule has 0 saturated heterocycles. The molecule has 0 fully saturated rings. The molecule has 0 aliphatic heterocycles. The number of nitrogens with one attached hydrogen (secondary N) is 1. The number of amides is 2. The van der Waals surface area contributed by atoms with Crippen LogP contribution in [0, 0.1) is 19.8 Å². The second-order valence-corrected chi connectivity index (χ2v) is 13.4. The number of aryl methyl sites for hydroxylation is 2. The summed E-state index contributed by atoms with van der Waals surface area (Å²) in [6.45, 7) is 7.95. The minimum atomic E-state index is -3.81. The number of rotatable bonds is 12. The van der Waals surface area contributed by atoms with Crippen LogP contribution in [0.4, 0.5) is 5.69 Å². The number of hydrogen-bond donors (Lipinski definition) is 1. The molecular weight excluding hydrogens is 590 g/mol. The molecule has 0 aliphatic rings. The Balaban J connectivity index is 2.06. The van der Waals surface area contributed by atoms with E-state index in [4.69, 9.17) is 0 Å². The van der Waals surface area contributed by atoms with Crippen molar-refractivity contribution >= 4 is 43.5 Å². The van der Waals surface area contributed by atoms with E-state index in [2.05, 4.69) is 21.2 Å². The third kappa shape index (κ3) is 9.20. The van der Waals surface area contributed by atoms with Gasteiger partial charge in [0.1, 0.15) is 12.6 Å². The van der Waals surface area contributed by atoms with Gasteiger partial charge in [-0.25, -0.2) is 8.42 Å². The fourth-order valence-corrected chi connectivity index (χ4v) is 5.57. The average Bonchev–Trinajstić information content (AvgIpc) is 2.88. The van der Waals surface area contributed by atoms with E-state index >= 15 is 0 Å². The van der Waals surface area contributed by atoms with Crippen LogP contribution in [0.1, 0.15) is 36.1 Å². The Morgan fingerprint density at radius 2 is 1.50 bits per heavy atom. The van der Waals surface area contributed by atoms with Crippen LogP contribution >= 0.6 is 15.9 Å². The molecule has 40 heavy (non-hydrogen) atoms. The lowest BCUT2D eigenvalue weighted by molar-refractivity contribution is -0.140. The molecule has 0 unspecified atom stereocenters. The molecule has 0 aromatic heterocycles. The Hall–Kier alpha value is -3.17. The van der Waals surface area contributed by atoms with Gasteiger partial charge in [0.2, 0.25) is 21.8 Å². The molecular formula is C31H38BrN3O4S. The van der Waals surface area contributed by atoms with Gasteiger partial charge in [-0.1, -0.05) is 78.3 Å². The molecule has 7 nitrogen and oxygen atoms in total. The molecule has 3 rings (SSSR count). The van der Waals surface area contributed by atoms with Crippen LogP contribution in [0.3, 0.4) is 0 Å². The van der Waals surface area contributed by atoms with Crippen LogP contribution in [0.2, 0.25) is 0 Å². The zero-order valence-electron chi connectivity index (χ0n) is 23.7. The second kappa shape index (κ2) is 13.9. The molecule has 0 spiro atoms. The molecule has 0 bridgehead atoms. The Morgan fingerprint density at radius 1 is 0.900 bits per heavy atom. The van der Waals surface area contributed by atoms with Gasteiger partial charge in [0.05, 0.1) is 11.9 Å². The van der Waals surface area contributed by atoms with Gasteiger partial charge < -0.3 is 10.2 Å². The monoisotopic (exact) mass is 627 g/mol. The van der Waals surface area contributed by atoms with Crippen molar-refractivity contribution < 1.29 is 18.0 Å². The van der Waals surface area contributed by atoms with E-state index in [-0.39, 0.29) is 24.8 Å². The van der Waals surface area contributed by atoms with Gasteiger partial charge in [-0.15, -0.1) is 0 Å². The van der Waals surface area contributed by atoms with Gasteiger partial charge in [0, 0.05) is 24.0 Å². The number of halogens is 1. The number of anilines is 1. The summed E-state index contributed by atoms with van der Waals surface area (Å²) < 4.78 is 27.9. The van der Waals surface area contributed by atoms with Crippen LogP contribution in [0.25, 0.3) is 0 Å². The van der Waals surface area contributed by atoms with Gasteiger partial charge >= 0.3 is 0 Å². The van der Waals surface area contributed by atoms with Crippen LogP contribution < -0.4 is 9.62 Å². The molecule has 1 atom stereocenters. The quantitative estimate of drug-likeness (QED) is 0.297. The SMILES string of the molecule is Cc1cc(C)cc(N(CC(=O)N(Cc2ccc(Br)cc2)[C@H](Cc2ccccc2)C(=O)NCC(C)C)S(C)(=O)=O)c1. The number of hydrogen-bond acceptors (Lipinski definition) is 4. The highest BCUT2D eigenvalue weighted by Gasteiger charge is 2.33. The summed E-state index contributed by atoms with van der Waals surface area (Å²) in [7, 11) is -3.81. The average molecular weight is 629 g/mol. The summed E-state index contributed by atoms with van der Waals surface area (Å²) in [6, 6.07) is 21.6. The van der Waals surface area contributed by atoms with Crippen molar-refractivity contribution in [3.63, 3.8) is 0 Å². The van der Waals surface area contributed by atoms with E-state index in [0.717, 1.165) is 37.3 Å². The number of benzene rings is 3. The van der Waals surface area contributed by atoms with E-state index in [1.54, 1.807) is 12.1 Å². The van der Waals surface area contributed by atoms with Crippen molar-refractivity contribution in [3.05, 3.63) is 99.5 Å². The predicted molar refractivity (Wildman–Crippen MR) is 165 cm³/mol. The van der Waals surface area contributed by atoms with Gasteiger partial charge in [-0.3, -0.25) is 13.9 Å². The smallest absolute Gasteiger partial charge is 0.244 e. The summed E-state index contributed by atoms with van der Waals surface area (Å²) >= 11 is 3.45. The summed E-state index contributed by atoms with van der Waals surface area (Å²) in [5, 5.41) is 2.99. The van der Waals surface area contributed by atoms with Gasteiger partial charge in [-0.2, -0.15) is 0 Å². The van der Waals surface area contributed by atoms with Crippen LogP contribution in [-0.2, 0) is 32.6 Å². The fraction of sp³-hybridized carbons (Fsp3) is 0.355. The number of nitrogens with zero attached hydrogens (tertiary/aromatic N) is 2. The van der Waals surface area contributed by atoms with E-state index < -0.39 is 28.5 Å². The maximum absolute atomic E-state index is 14.1. The summed E-state index contributed by atoms with van der Waals surface area (Å²) in [6.07, 6.45) is 1.38. The van der Waals surface area contributed by atoms with Crippen molar-refractivity contribution in [1.82, 2.24) is 10.2 Å². The van der Waals surface area contributed by atoms with Crippen LogP contribution in [0.5, 0.6) is 0 Å². The Kier molecular flexibility index (Phi) is 10.9. The number of carbonyl (C=O) groups excluding carboxylic acids is 2. The normalized spacial score (nSPS) is 12.2. The first-order valence-corrected chi connectivity index (χ1v) is 15.9. The molecule has 0 heterocycles. The molecule has 214 valence electrons. The maximum atomic E-state index is 14.1. The molecule has 0 radical (unpaired) electrons. The van der Waals surface area contributed by atoms with Crippen LogP contribution in [-0.4, -0.2) is 50.5 Å². The lowest BCUT2D eigenvalue weighted by Crippen LogP contribution is -2.53. The highest BCUT2D eigenvalue weighted by Crippen LogP contribution is 2.23. The summed E-state index contributed by atoms with van der Waals surface area (Å²) in [4.78, 5) is 29.3. The minimum absolute atomic E-state index is 0.142. The zero-order chi connectivity index (χ0) is 29.4. The predicted octanol–water partition coefficient (Wildman–Crippen LogP) is 5.24. The lowest BCUT2D eigenvalue weighted by Gasteiger charge is -2.33. The van der Waals surface area contributed by atoms with Crippen molar-refractivity contribution in [2.75, 3.05) is 23.7 Å². The van der Waals surface area contributed by atoms with Gasteiger partial charge in [0.25, 0.3) is 0 Å². The highest BCUT2D eigenvalue weighted by atomic mass is 79.9. The maximum Gasteiger partial charge on any atom is 0.244 e. The van der Waals surface area contributed by atoms with Gasteiger partial charge in [-0.05, 0) is 66.3 Å². The zero-order valence-corrected chi connectivity index (χ0v) is 26.1. The van der Waals surface area contributed by atoms with Crippen molar-refractivity contribution in [3.8, 4) is 0 Å². The topological polar surface area (TPSA) is 86.8 Å². The molecule has 0 aliphatic carbocycles. The van der Waals surface area contributed by atoms with Crippen molar-refractivity contribution in [1.29, 1.82) is 0 Å². The molecule has 1 N–H and O–H groups in total. The first-order chi connectivity index (χ1) is 18.8. The van der Waals surface area contributed by atoms with E-state index in [1.807, 2.05) is 88.4 Å². The molecule has 3 aromatic carbocycles. The molecule has 3 aromatic rings. The second-order valence-electron chi connectivity index (χ2n) is 10.6. The Bertz CT molecular complexity index is 1390. The summed E-state index contributed by atoms with van der Waals surface area (Å²) in [5.74, 6) is -0.518. The Labute approximate surface area is 246 Å². The summed E-state index contributed by atoms with van der Waals surface area (Å²) in [5.41, 5.74) is 3.91. The van der Waals surface area contributed by atoms with Crippen LogP contribution in [0.15, 0.2) is 77.3 Å². The van der Waals surface area contributed by atoms with Crippen molar-refractivity contribution in [2.45, 2.75) is 46.7 Å². The first kappa shape index (κ1) is 31.4. The minimum Gasteiger partial charge on any atom is -0.354 e. The first-order valence-electron chi connectivity index (χ1n) is 13.2. The molecule has 9 heteroatoms. The lowest BCUT2D eigenvalue weighted by atomic mass is 10.0. The van der Waals surface area contributed by atoms with E-state index in [1.165, 1.54) is 4.90 Å². The fourth-order valence-electron chi connectivity index (χ4n) is 4.47. The van der Waals surface area contributed by atoms with E-state index in [0.29, 0.717) is 12.2 Å². The van der Waals surface area contributed by atoms with Crippen molar-refractivity contribution in [2.24, 2.45) is 5.92 Å². The molecule has 0 saturated carbocycles. The standard InChI is InChI=1S/C31H38BrN3O4S/c1-22(2)19-33-31(37)29(18-25-9-7-6-8-10-25)34(20-26-11-13-27(32)14-12-26)30(36)21-35(40(5,38)39)28-16-23(3)15-24(4)17-28/h6-17,22,29H,18-21H2,1-5H3,(H,33,37)/t29-/m1/s1. The number of sulfonamides is 1. The third-order valence-corrected chi connectivity index (χ3v) is 8.06. The van der Waals surface area contributed by atoms with Gasteiger partial charge in [0.15, 0.2) is 0 Å². The largest absolute Gasteiger partial charge is 0.354 e. The molecule has 2 amide bonds.